The van der Waals surface area contributed by atoms with Crippen molar-refractivity contribution >= 4 is 17.7 Å². The average Bonchev–Trinajstić information content (AvgIpc) is 2.89. The van der Waals surface area contributed by atoms with Gasteiger partial charge in [0.25, 0.3) is 0 Å². The SMILES string of the molecule is CCCOc1ccc(CNC(=O)CSc2n[nH]c(=O)n2C)cc1. The van der Waals surface area contributed by atoms with Gasteiger partial charge in [-0.25, -0.2) is 9.89 Å². The Morgan fingerprint density at radius 2 is 2.13 bits per heavy atom. The van der Waals surface area contributed by atoms with Gasteiger partial charge in [-0.15, -0.1) is 5.10 Å². The van der Waals surface area contributed by atoms with E-state index in [1.54, 1.807) is 7.05 Å². The lowest BCUT2D eigenvalue weighted by Crippen LogP contribution is -2.24. The summed E-state index contributed by atoms with van der Waals surface area (Å²) in [4.78, 5) is 23.0. The Morgan fingerprint density at radius 3 is 2.74 bits per heavy atom. The van der Waals surface area contributed by atoms with E-state index in [9.17, 15) is 9.59 Å². The fourth-order valence-corrected chi connectivity index (χ4v) is 2.52. The lowest BCUT2D eigenvalue weighted by molar-refractivity contribution is -0.118. The molecule has 0 unspecified atom stereocenters. The highest BCUT2D eigenvalue weighted by Gasteiger charge is 2.08. The van der Waals surface area contributed by atoms with Gasteiger partial charge < -0.3 is 10.1 Å². The molecule has 1 amide bonds. The van der Waals surface area contributed by atoms with Gasteiger partial charge in [0.2, 0.25) is 5.91 Å². The molecule has 0 bridgehead atoms. The molecule has 23 heavy (non-hydrogen) atoms. The maximum Gasteiger partial charge on any atom is 0.343 e. The number of nitrogens with zero attached hydrogens (tertiary/aromatic N) is 2. The van der Waals surface area contributed by atoms with Crippen LogP contribution in [0.1, 0.15) is 18.9 Å². The molecule has 7 nitrogen and oxygen atoms in total. The van der Waals surface area contributed by atoms with Gasteiger partial charge in [0.15, 0.2) is 5.16 Å². The maximum atomic E-state index is 11.8. The number of carbonyl (C=O) groups excluding carboxylic acids is 1. The predicted molar refractivity (Wildman–Crippen MR) is 88.6 cm³/mol. The number of nitrogens with one attached hydrogen (secondary N) is 2. The predicted octanol–water partition coefficient (Wildman–Crippen LogP) is 1.31. The van der Waals surface area contributed by atoms with Gasteiger partial charge in [0.1, 0.15) is 5.75 Å². The first-order chi connectivity index (χ1) is 11.1. The van der Waals surface area contributed by atoms with Crippen molar-refractivity contribution < 1.29 is 9.53 Å². The molecule has 0 fully saturated rings. The van der Waals surface area contributed by atoms with Crippen LogP contribution < -0.4 is 15.7 Å². The molecule has 0 saturated heterocycles. The maximum absolute atomic E-state index is 11.8. The van der Waals surface area contributed by atoms with Gasteiger partial charge in [-0.2, -0.15) is 0 Å². The van der Waals surface area contributed by atoms with Crippen LogP contribution in [0.4, 0.5) is 0 Å². The second-order valence-corrected chi connectivity index (χ2v) is 5.87. The van der Waals surface area contributed by atoms with Crippen molar-refractivity contribution in [3.05, 3.63) is 40.3 Å². The van der Waals surface area contributed by atoms with Crippen molar-refractivity contribution in [2.24, 2.45) is 7.05 Å². The highest BCUT2D eigenvalue weighted by molar-refractivity contribution is 7.99. The zero-order valence-corrected chi connectivity index (χ0v) is 14.0. The molecular formula is C15H20N4O3S. The number of H-pyrrole nitrogens is 1. The Balaban J connectivity index is 1.75. The number of benzene rings is 1. The molecule has 0 atom stereocenters. The summed E-state index contributed by atoms with van der Waals surface area (Å²) in [5, 5.41) is 9.49. The minimum absolute atomic E-state index is 0.114. The highest BCUT2D eigenvalue weighted by Crippen LogP contribution is 2.13. The summed E-state index contributed by atoms with van der Waals surface area (Å²) >= 11 is 1.21. The fourth-order valence-electron chi connectivity index (χ4n) is 1.77. The van der Waals surface area contributed by atoms with E-state index in [1.807, 2.05) is 24.3 Å². The number of rotatable bonds is 8. The van der Waals surface area contributed by atoms with Gasteiger partial charge in [0.05, 0.1) is 12.4 Å². The normalized spacial score (nSPS) is 10.5. The van der Waals surface area contributed by atoms with Crippen LogP contribution in [0.5, 0.6) is 5.75 Å². The van der Waals surface area contributed by atoms with E-state index in [-0.39, 0.29) is 17.3 Å². The van der Waals surface area contributed by atoms with Crippen LogP contribution in [0, 0.1) is 0 Å². The molecule has 2 rings (SSSR count). The number of hydrogen-bond donors (Lipinski definition) is 2. The summed E-state index contributed by atoms with van der Waals surface area (Å²) in [6, 6.07) is 7.64. The molecule has 0 radical (unpaired) electrons. The Morgan fingerprint density at radius 1 is 1.39 bits per heavy atom. The molecule has 2 aromatic rings. The van der Waals surface area contributed by atoms with Crippen molar-refractivity contribution in [3.63, 3.8) is 0 Å². The molecule has 0 saturated carbocycles. The number of thioether (sulfide) groups is 1. The van der Waals surface area contributed by atoms with Crippen LogP contribution in [0.25, 0.3) is 0 Å². The van der Waals surface area contributed by atoms with Gasteiger partial charge in [-0.1, -0.05) is 30.8 Å². The number of carbonyl (C=O) groups is 1. The summed E-state index contributed by atoms with van der Waals surface area (Å²) in [5.74, 6) is 0.921. The van der Waals surface area contributed by atoms with Gasteiger partial charge >= 0.3 is 5.69 Å². The fraction of sp³-hybridized carbons (Fsp3) is 0.400. The highest BCUT2D eigenvalue weighted by atomic mass is 32.2. The van der Waals surface area contributed by atoms with Crippen LogP contribution >= 0.6 is 11.8 Å². The first kappa shape index (κ1) is 17.1. The first-order valence-electron chi connectivity index (χ1n) is 7.32. The zero-order valence-electron chi connectivity index (χ0n) is 13.2. The van der Waals surface area contributed by atoms with Crippen LogP contribution in [0.15, 0.2) is 34.2 Å². The number of aromatic amines is 1. The summed E-state index contributed by atoms with van der Waals surface area (Å²) in [7, 11) is 1.61. The lowest BCUT2D eigenvalue weighted by Gasteiger charge is -2.07. The first-order valence-corrected chi connectivity index (χ1v) is 8.31. The van der Waals surface area contributed by atoms with E-state index >= 15 is 0 Å². The number of ether oxygens (including phenoxy) is 1. The van der Waals surface area contributed by atoms with E-state index in [4.69, 9.17) is 4.74 Å². The molecule has 0 spiro atoms. The molecule has 1 aromatic carbocycles. The molecule has 0 aliphatic rings. The molecule has 0 aliphatic carbocycles. The van der Waals surface area contributed by atoms with Crippen LogP contribution in [-0.4, -0.2) is 33.0 Å². The Labute approximate surface area is 138 Å². The second-order valence-electron chi connectivity index (χ2n) is 4.93. The van der Waals surface area contributed by atoms with E-state index < -0.39 is 0 Å². The van der Waals surface area contributed by atoms with Gasteiger partial charge in [-0.05, 0) is 24.1 Å². The standard InChI is InChI=1S/C15H20N4O3S/c1-3-8-22-12-6-4-11(5-7-12)9-16-13(20)10-23-15-18-17-14(21)19(15)2/h4-7H,3,8-10H2,1-2H3,(H,16,20)(H,17,21). The lowest BCUT2D eigenvalue weighted by atomic mass is 10.2. The van der Waals surface area contributed by atoms with E-state index in [1.165, 1.54) is 16.3 Å². The third-order valence-corrected chi connectivity index (χ3v) is 4.09. The quantitative estimate of drug-likeness (QED) is 0.710. The molecule has 124 valence electrons. The molecule has 0 aliphatic heterocycles. The zero-order chi connectivity index (χ0) is 16.7. The number of aromatic nitrogens is 3. The largest absolute Gasteiger partial charge is 0.494 e. The van der Waals surface area contributed by atoms with E-state index in [2.05, 4.69) is 22.4 Å². The molecule has 1 aromatic heterocycles. The van der Waals surface area contributed by atoms with Crippen molar-refractivity contribution in [1.29, 1.82) is 0 Å². The third kappa shape index (κ3) is 5.17. The molecular weight excluding hydrogens is 316 g/mol. The molecule has 1 heterocycles. The molecule has 8 heteroatoms. The Bertz CT molecular complexity index is 693. The van der Waals surface area contributed by atoms with Gasteiger partial charge in [0, 0.05) is 13.6 Å². The summed E-state index contributed by atoms with van der Waals surface area (Å²) in [5.41, 5.74) is 0.706. The average molecular weight is 336 g/mol. The van der Waals surface area contributed by atoms with Crippen molar-refractivity contribution in [1.82, 2.24) is 20.1 Å². The molecule has 2 N–H and O–H groups in total. The minimum atomic E-state index is -0.293. The van der Waals surface area contributed by atoms with Crippen LogP contribution in [0.3, 0.4) is 0 Å². The topological polar surface area (TPSA) is 89.0 Å². The summed E-state index contributed by atoms with van der Waals surface area (Å²) < 4.78 is 6.88. The van der Waals surface area contributed by atoms with E-state index in [0.717, 1.165) is 17.7 Å². The number of amides is 1. The van der Waals surface area contributed by atoms with Gasteiger partial charge in [-0.3, -0.25) is 9.36 Å². The number of hydrogen-bond acceptors (Lipinski definition) is 5. The van der Waals surface area contributed by atoms with Crippen molar-refractivity contribution in [2.75, 3.05) is 12.4 Å². The second kappa shape index (κ2) is 8.42. The third-order valence-electron chi connectivity index (χ3n) is 3.06. The minimum Gasteiger partial charge on any atom is -0.494 e. The van der Waals surface area contributed by atoms with Crippen molar-refractivity contribution in [2.45, 2.75) is 25.0 Å². The van der Waals surface area contributed by atoms with Crippen LogP contribution in [-0.2, 0) is 18.4 Å². The Hall–Kier alpha value is -2.22. The summed E-state index contributed by atoms with van der Waals surface area (Å²) in [6.07, 6.45) is 0.969. The van der Waals surface area contributed by atoms with E-state index in [0.29, 0.717) is 18.3 Å². The Kier molecular flexibility index (Phi) is 6.28. The monoisotopic (exact) mass is 336 g/mol. The smallest absolute Gasteiger partial charge is 0.343 e. The van der Waals surface area contributed by atoms with Crippen molar-refractivity contribution in [3.8, 4) is 5.75 Å². The van der Waals surface area contributed by atoms with Crippen LogP contribution in [0.2, 0.25) is 0 Å². The summed E-state index contributed by atoms with van der Waals surface area (Å²) in [6.45, 7) is 3.21.